The van der Waals surface area contributed by atoms with Crippen molar-refractivity contribution in [2.24, 2.45) is 0 Å². The van der Waals surface area contributed by atoms with Crippen molar-refractivity contribution in [2.75, 3.05) is 20.8 Å². The number of carbonyl (C=O) groups excluding carboxylic acids is 1. The summed E-state index contributed by atoms with van der Waals surface area (Å²) in [7, 11) is 3.18. The second-order valence-corrected chi connectivity index (χ2v) is 7.25. The summed E-state index contributed by atoms with van der Waals surface area (Å²) in [6, 6.07) is 7.45. The van der Waals surface area contributed by atoms with Crippen LogP contribution in [-0.2, 0) is 24.3 Å². The molecule has 28 heavy (non-hydrogen) atoms. The fourth-order valence-corrected chi connectivity index (χ4v) is 3.89. The number of hydrogen-bond acceptors (Lipinski definition) is 7. The molecule has 4 rings (SSSR count). The van der Waals surface area contributed by atoms with E-state index in [1.807, 2.05) is 23.6 Å². The molecule has 3 aromatic rings. The minimum absolute atomic E-state index is 0.146. The van der Waals surface area contributed by atoms with Crippen LogP contribution < -0.4 is 15.2 Å². The predicted molar refractivity (Wildman–Crippen MR) is 102 cm³/mol. The van der Waals surface area contributed by atoms with E-state index in [4.69, 9.17) is 9.47 Å². The largest absolute Gasteiger partial charge is 0.493 e. The summed E-state index contributed by atoms with van der Waals surface area (Å²) in [4.78, 5) is 26.9. The van der Waals surface area contributed by atoms with Crippen LogP contribution in [0.3, 0.4) is 0 Å². The number of nitrogens with zero attached hydrogens (tertiary/aromatic N) is 5. The number of ether oxygens (including phenoxy) is 2. The molecular formula is C18H19N5O4S. The molecule has 0 fully saturated rings. The molecule has 0 aliphatic carbocycles. The van der Waals surface area contributed by atoms with E-state index in [2.05, 4.69) is 10.4 Å². The lowest BCUT2D eigenvalue weighted by Gasteiger charge is -2.29. The number of rotatable bonds is 5. The zero-order chi connectivity index (χ0) is 19.7. The van der Waals surface area contributed by atoms with Crippen LogP contribution in [0.25, 0.3) is 5.00 Å². The minimum atomic E-state index is -0.431. The van der Waals surface area contributed by atoms with Gasteiger partial charge in [0.15, 0.2) is 11.5 Å². The molecule has 1 aliphatic rings. The number of aromatic nitrogens is 4. The van der Waals surface area contributed by atoms with Gasteiger partial charge in [0, 0.05) is 13.1 Å². The van der Waals surface area contributed by atoms with Crippen LogP contribution in [0.2, 0.25) is 0 Å². The third-order valence-electron chi connectivity index (χ3n) is 4.71. The van der Waals surface area contributed by atoms with Crippen LogP contribution in [0.4, 0.5) is 0 Å². The van der Waals surface area contributed by atoms with Crippen molar-refractivity contribution >= 4 is 17.2 Å². The van der Waals surface area contributed by atoms with Crippen molar-refractivity contribution in [1.82, 2.24) is 24.7 Å². The normalized spacial score (nSPS) is 13.3. The van der Waals surface area contributed by atoms with Gasteiger partial charge in [0.1, 0.15) is 11.5 Å². The zero-order valence-electron chi connectivity index (χ0n) is 15.5. The Morgan fingerprint density at radius 1 is 1.18 bits per heavy atom. The van der Waals surface area contributed by atoms with Gasteiger partial charge in [0.25, 0.3) is 0 Å². The van der Waals surface area contributed by atoms with Crippen LogP contribution in [0.15, 0.2) is 34.4 Å². The average molecular weight is 401 g/mol. The van der Waals surface area contributed by atoms with Gasteiger partial charge in [-0.3, -0.25) is 4.79 Å². The van der Waals surface area contributed by atoms with Gasteiger partial charge in [-0.15, -0.1) is 11.3 Å². The number of amides is 1. The Bertz CT molecular complexity index is 1060. The molecule has 2 aromatic heterocycles. The standard InChI is InChI=1S/C18H19N5O4S/c1-26-14-8-12-5-6-21(10-13(12)9-15(14)27-2)16(24)11-22-18(25)23(20-19-22)17-4-3-7-28-17/h3-4,7-9H,5-6,10-11H2,1-2H3. The van der Waals surface area contributed by atoms with E-state index in [9.17, 15) is 9.59 Å². The number of hydrogen-bond donors (Lipinski definition) is 0. The molecule has 3 heterocycles. The lowest BCUT2D eigenvalue weighted by Crippen LogP contribution is -2.40. The lowest BCUT2D eigenvalue weighted by atomic mass is 9.98. The van der Waals surface area contributed by atoms with E-state index < -0.39 is 5.69 Å². The van der Waals surface area contributed by atoms with E-state index in [0.717, 1.165) is 15.8 Å². The SMILES string of the molecule is COc1cc2c(cc1OC)CN(C(=O)Cn1nnn(-c3cccs3)c1=O)CC2. The Labute approximate surface area is 164 Å². The van der Waals surface area contributed by atoms with Crippen molar-refractivity contribution in [2.45, 2.75) is 19.5 Å². The van der Waals surface area contributed by atoms with E-state index in [1.54, 1.807) is 25.2 Å². The summed E-state index contributed by atoms with van der Waals surface area (Å²) in [6.07, 6.45) is 0.707. The van der Waals surface area contributed by atoms with Gasteiger partial charge in [-0.1, -0.05) is 0 Å². The second kappa shape index (κ2) is 7.47. The van der Waals surface area contributed by atoms with Crippen LogP contribution >= 0.6 is 11.3 Å². The van der Waals surface area contributed by atoms with Crippen LogP contribution in [0.5, 0.6) is 11.5 Å². The Balaban J connectivity index is 1.51. The summed E-state index contributed by atoms with van der Waals surface area (Å²) in [5, 5.41) is 10.2. The van der Waals surface area contributed by atoms with Crippen molar-refractivity contribution in [3.8, 4) is 16.5 Å². The highest BCUT2D eigenvalue weighted by molar-refractivity contribution is 7.12. The van der Waals surface area contributed by atoms with Gasteiger partial charge >= 0.3 is 5.69 Å². The van der Waals surface area contributed by atoms with Gasteiger partial charge in [0.2, 0.25) is 5.91 Å². The maximum Gasteiger partial charge on any atom is 0.369 e. The molecule has 1 aromatic carbocycles. The minimum Gasteiger partial charge on any atom is -0.493 e. The fraction of sp³-hybridized carbons (Fsp3) is 0.333. The molecular weight excluding hydrogens is 382 g/mol. The third kappa shape index (κ3) is 3.26. The molecule has 9 nitrogen and oxygen atoms in total. The third-order valence-corrected chi connectivity index (χ3v) is 5.55. The molecule has 146 valence electrons. The molecule has 0 radical (unpaired) electrons. The fourth-order valence-electron chi connectivity index (χ4n) is 3.23. The maximum absolute atomic E-state index is 12.7. The highest BCUT2D eigenvalue weighted by Crippen LogP contribution is 2.33. The van der Waals surface area contributed by atoms with Gasteiger partial charge < -0.3 is 14.4 Å². The summed E-state index contributed by atoms with van der Waals surface area (Å²) >= 11 is 1.38. The molecule has 0 unspecified atom stereocenters. The summed E-state index contributed by atoms with van der Waals surface area (Å²) in [5.41, 5.74) is 1.70. The number of methoxy groups -OCH3 is 2. The van der Waals surface area contributed by atoms with Gasteiger partial charge in [-0.2, -0.15) is 9.36 Å². The average Bonchev–Trinajstić information content (AvgIpc) is 3.36. The van der Waals surface area contributed by atoms with E-state index >= 15 is 0 Å². The quantitative estimate of drug-likeness (QED) is 0.636. The molecule has 1 aliphatic heterocycles. The Hall–Kier alpha value is -3.14. The zero-order valence-corrected chi connectivity index (χ0v) is 16.3. The predicted octanol–water partition coefficient (Wildman–Crippen LogP) is 1.09. The first kappa shape index (κ1) is 18.2. The molecule has 0 saturated carbocycles. The molecule has 0 atom stereocenters. The number of carbonyl (C=O) groups is 1. The molecule has 0 saturated heterocycles. The highest BCUT2D eigenvalue weighted by atomic mass is 32.1. The summed E-state index contributed by atoms with van der Waals surface area (Å²) < 4.78 is 13.0. The first-order valence-corrected chi connectivity index (χ1v) is 9.57. The maximum atomic E-state index is 12.7. The Morgan fingerprint density at radius 2 is 1.93 bits per heavy atom. The molecule has 0 bridgehead atoms. The molecule has 1 amide bonds. The van der Waals surface area contributed by atoms with Gasteiger partial charge in [-0.05, 0) is 57.6 Å². The van der Waals surface area contributed by atoms with Gasteiger partial charge in [0.05, 0.1) is 14.2 Å². The first-order valence-electron chi connectivity index (χ1n) is 8.69. The van der Waals surface area contributed by atoms with Crippen molar-refractivity contribution in [3.63, 3.8) is 0 Å². The van der Waals surface area contributed by atoms with Crippen molar-refractivity contribution in [3.05, 3.63) is 51.3 Å². The number of benzene rings is 1. The van der Waals surface area contributed by atoms with Crippen LogP contribution in [0, 0.1) is 0 Å². The topological polar surface area (TPSA) is 91.5 Å². The highest BCUT2D eigenvalue weighted by Gasteiger charge is 2.24. The molecule has 10 heteroatoms. The summed E-state index contributed by atoms with van der Waals surface area (Å²) in [6.45, 7) is 0.865. The van der Waals surface area contributed by atoms with Crippen molar-refractivity contribution < 1.29 is 14.3 Å². The van der Waals surface area contributed by atoms with Crippen molar-refractivity contribution in [1.29, 1.82) is 0 Å². The van der Waals surface area contributed by atoms with E-state index in [-0.39, 0.29) is 12.5 Å². The number of thiophene rings is 1. The first-order chi connectivity index (χ1) is 13.6. The number of fused-ring (bicyclic) bond motifs is 1. The molecule has 0 spiro atoms. The Morgan fingerprint density at radius 3 is 2.61 bits per heavy atom. The van der Waals surface area contributed by atoms with Crippen LogP contribution in [-0.4, -0.2) is 51.4 Å². The van der Waals surface area contributed by atoms with E-state index in [1.165, 1.54) is 16.0 Å². The van der Waals surface area contributed by atoms with Crippen LogP contribution in [0.1, 0.15) is 11.1 Å². The molecule has 0 N–H and O–H groups in total. The smallest absolute Gasteiger partial charge is 0.369 e. The monoisotopic (exact) mass is 401 g/mol. The number of tetrazole rings is 1. The summed E-state index contributed by atoms with van der Waals surface area (Å²) in [5.74, 6) is 1.13. The lowest BCUT2D eigenvalue weighted by molar-refractivity contribution is -0.133. The second-order valence-electron chi connectivity index (χ2n) is 6.32. The Kier molecular flexibility index (Phi) is 4.86. The van der Waals surface area contributed by atoms with E-state index in [0.29, 0.717) is 36.0 Å². The van der Waals surface area contributed by atoms with Gasteiger partial charge in [-0.25, -0.2) is 4.79 Å².